The highest BCUT2D eigenvalue weighted by Crippen LogP contribution is 2.27. The fraction of sp³-hybridized carbons (Fsp3) is 0.0526. The summed E-state index contributed by atoms with van der Waals surface area (Å²) in [6.07, 6.45) is 1.62. The van der Waals surface area contributed by atoms with Crippen molar-refractivity contribution in [1.29, 1.82) is 0 Å². The van der Waals surface area contributed by atoms with E-state index in [1.807, 2.05) is 66.7 Å². The van der Waals surface area contributed by atoms with E-state index in [0.29, 0.717) is 16.9 Å². The standard InChI is InChI=1S/C38H31N3O5S/c1-25(35(42)39-31-21-19-30(20-22-31)38(45)46)47-33-14-8-13-32(24-33)40-37(44)34(41-36(43)29-11-6-3-7-12-29)23-26-15-17-28(18-16-26)27-9-4-2-5-10-27/h2-25H,1H3,(H,39,42)(H,40,44)(H,41,43)(H,45,46)/b34-23+. The summed E-state index contributed by atoms with van der Waals surface area (Å²) in [5.74, 6) is -2.24. The Balaban J connectivity index is 1.30. The molecule has 9 heteroatoms. The van der Waals surface area contributed by atoms with Crippen molar-refractivity contribution < 1.29 is 24.3 Å². The summed E-state index contributed by atoms with van der Waals surface area (Å²) in [5.41, 5.74) is 4.39. The van der Waals surface area contributed by atoms with Crippen molar-refractivity contribution in [3.05, 3.63) is 156 Å². The molecule has 1 unspecified atom stereocenters. The summed E-state index contributed by atoms with van der Waals surface area (Å²) in [7, 11) is 0. The van der Waals surface area contributed by atoms with Crippen molar-refractivity contribution in [1.82, 2.24) is 5.32 Å². The lowest BCUT2D eigenvalue weighted by atomic mass is 10.0. The molecular formula is C38H31N3O5S. The number of aromatic carboxylic acids is 1. The summed E-state index contributed by atoms with van der Waals surface area (Å²) < 4.78 is 0. The van der Waals surface area contributed by atoms with Gasteiger partial charge in [-0.3, -0.25) is 14.4 Å². The average molecular weight is 642 g/mol. The third-order valence-electron chi connectivity index (χ3n) is 7.03. The van der Waals surface area contributed by atoms with Gasteiger partial charge in [0.05, 0.1) is 10.8 Å². The smallest absolute Gasteiger partial charge is 0.335 e. The molecule has 1 atom stereocenters. The predicted octanol–water partition coefficient (Wildman–Crippen LogP) is 7.58. The van der Waals surface area contributed by atoms with Crippen LogP contribution in [-0.2, 0) is 9.59 Å². The SMILES string of the molecule is CC(Sc1cccc(NC(=O)/C(=C\c2ccc(-c3ccccc3)cc2)NC(=O)c2ccccc2)c1)C(=O)Nc1ccc(C(=O)O)cc1. The Morgan fingerprint density at radius 1 is 0.660 bits per heavy atom. The maximum absolute atomic E-state index is 13.6. The van der Waals surface area contributed by atoms with Crippen molar-refractivity contribution in [2.24, 2.45) is 0 Å². The molecule has 0 saturated carbocycles. The Morgan fingerprint density at radius 3 is 1.96 bits per heavy atom. The molecule has 0 spiro atoms. The van der Waals surface area contributed by atoms with Gasteiger partial charge in [-0.1, -0.05) is 78.9 Å². The second-order valence-electron chi connectivity index (χ2n) is 10.5. The molecule has 0 aliphatic heterocycles. The lowest BCUT2D eigenvalue weighted by Gasteiger charge is -2.14. The third kappa shape index (κ3) is 9.06. The Bertz CT molecular complexity index is 1910. The quantitative estimate of drug-likeness (QED) is 0.0871. The minimum atomic E-state index is -1.04. The third-order valence-corrected chi connectivity index (χ3v) is 8.12. The largest absolute Gasteiger partial charge is 0.478 e. The van der Waals surface area contributed by atoms with Crippen LogP contribution in [0.5, 0.6) is 0 Å². The van der Waals surface area contributed by atoms with Crippen LogP contribution < -0.4 is 16.0 Å². The van der Waals surface area contributed by atoms with Crippen LogP contribution in [0.1, 0.15) is 33.2 Å². The van der Waals surface area contributed by atoms with Crippen molar-refractivity contribution >= 4 is 52.9 Å². The first-order valence-corrected chi connectivity index (χ1v) is 15.6. The Hall–Kier alpha value is -5.93. The van der Waals surface area contributed by atoms with E-state index < -0.39 is 23.0 Å². The molecular weight excluding hydrogens is 611 g/mol. The molecule has 0 radical (unpaired) electrons. The first-order valence-electron chi connectivity index (χ1n) is 14.7. The zero-order valence-corrected chi connectivity index (χ0v) is 26.2. The van der Waals surface area contributed by atoms with E-state index in [4.69, 9.17) is 5.11 Å². The van der Waals surface area contributed by atoms with Crippen LogP contribution in [0, 0.1) is 0 Å². The van der Waals surface area contributed by atoms with Crippen LogP contribution in [0.3, 0.4) is 0 Å². The van der Waals surface area contributed by atoms with Crippen molar-refractivity contribution in [2.75, 3.05) is 10.6 Å². The molecule has 0 bridgehead atoms. The number of carbonyl (C=O) groups is 4. The van der Waals surface area contributed by atoms with Crippen molar-refractivity contribution in [2.45, 2.75) is 17.1 Å². The molecule has 47 heavy (non-hydrogen) atoms. The maximum atomic E-state index is 13.6. The fourth-order valence-corrected chi connectivity index (χ4v) is 5.48. The molecule has 8 nitrogen and oxygen atoms in total. The number of rotatable bonds is 11. The summed E-state index contributed by atoms with van der Waals surface area (Å²) in [5, 5.41) is 17.0. The van der Waals surface area contributed by atoms with Crippen LogP contribution in [0.15, 0.2) is 144 Å². The first-order chi connectivity index (χ1) is 22.7. The Kier molecular flexibility index (Phi) is 10.6. The van der Waals surface area contributed by atoms with Crippen LogP contribution in [0.25, 0.3) is 17.2 Å². The van der Waals surface area contributed by atoms with Crippen molar-refractivity contribution in [3.63, 3.8) is 0 Å². The molecule has 3 amide bonds. The normalized spacial score (nSPS) is 11.6. The molecule has 5 rings (SSSR count). The molecule has 5 aromatic carbocycles. The van der Waals surface area contributed by atoms with Crippen LogP contribution >= 0.6 is 11.8 Å². The number of amides is 3. The number of thioether (sulfide) groups is 1. The number of hydrogen-bond donors (Lipinski definition) is 4. The highest BCUT2D eigenvalue weighted by atomic mass is 32.2. The van der Waals surface area contributed by atoms with Gasteiger partial charge in [0.1, 0.15) is 5.70 Å². The molecule has 4 N–H and O–H groups in total. The number of carboxylic acids is 1. The van der Waals surface area contributed by atoms with Crippen LogP contribution in [0.4, 0.5) is 11.4 Å². The fourth-order valence-electron chi connectivity index (χ4n) is 4.55. The van der Waals surface area contributed by atoms with E-state index in [-0.39, 0.29) is 17.2 Å². The molecule has 0 heterocycles. The molecule has 5 aromatic rings. The number of benzene rings is 5. The molecule has 0 fully saturated rings. The van der Waals surface area contributed by atoms with Gasteiger partial charge in [0.2, 0.25) is 5.91 Å². The van der Waals surface area contributed by atoms with E-state index in [2.05, 4.69) is 16.0 Å². The van der Waals surface area contributed by atoms with Gasteiger partial charge in [-0.05, 0) is 84.3 Å². The van der Waals surface area contributed by atoms with Gasteiger partial charge >= 0.3 is 5.97 Å². The Morgan fingerprint density at radius 2 is 1.30 bits per heavy atom. The minimum Gasteiger partial charge on any atom is -0.478 e. The number of anilines is 2. The van der Waals surface area contributed by atoms with E-state index in [9.17, 15) is 19.2 Å². The lowest BCUT2D eigenvalue weighted by molar-refractivity contribution is -0.115. The van der Waals surface area contributed by atoms with Crippen LogP contribution in [0.2, 0.25) is 0 Å². The summed E-state index contributed by atoms with van der Waals surface area (Å²) >= 11 is 1.30. The maximum Gasteiger partial charge on any atom is 0.335 e. The van der Waals surface area contributed by atoms with E-state index >= 15 is 0 Å². The minimum absolute atomic E-state index is 0.0611. The first kappa shape index (κ1) is 32.5. The van der Waals surface area contributed by atoms with Gasteiger partial charge in [0.15, 0.2) is 0 Å². The van der Waals surface area contributed by atoms with Gasteiger partial charge in [-0.15, -0.1) is 11.8 Å². The molecule has 0 aromatic heterocycles. The second kappa shape index (κ2) is 15.4. The number of carboxylic acid groups (broad SMARTS) is 1. The number of nitrogens with one attached hydrogen (secondary N) is 3. The van der Waals surface area contributed by atoms with E-state index in [1.165, 1.54) is 36.0 Å². The van der Waals surface area contributed by atoms with Gasteiger partial charge in [0.25, 0.3) is 11.8 Å². The second-order valence-corrected chi connectivity index (χ2v) is 11.9. The summed E-state index contributed by atoms with van der Waals surface area (Å²) in [6.45, 7) is 1.75. The number of carbonyl (C=O) groups excluding carboxylic acids is 3. The zero-order chi connectivity index (χ0) is 33.2. The van der Waals surface area contributed by atoms with Gasteiger partial charge in [-0.2, -0.15) is 0 Å². The Labute approximate surface area is 276 Å². The van der Waals surface area contributed by atoms with Gasteiger partial charge in [0, 0.05) is 21.8 Å². The topological polar surface area (TPSA) is 125 Å². The molecule has 0 aliphatic rings. The summed E-state index contributed by atoms with van der Waals surface area (Å²) in [6, 6.07) is 39.2. The number of hydrogen-bond acceptors (Lipinski definition) is 5. The highest BCUT2D eigenvalue weighted by molar-refractivity contribution is 8.00. The monoisotopic (exact) mass is 641 g/mol. The average Bonchev–Trinajstić information content (AvgIpc) is 3.09. The van der Waals surface area contributed by atoms with Gasteiger partial charge in [-0.25, -0.2) is 4.79 Å². The molecule has 0 aliphatic carbocycles. The molecule has 0 saturated heterocycles. The van der Waals surface area contributed by atoms with Gasteiger partial charge < -0.3 is 21.1 Å². The summed E-state index contributed by atoms with van der Waals surface area (Å²) in [4.78, 5) is 51.3. The van der Waals surface area contributed by atoms with Crippen molar-refractivity contribution in [3.8, 4) is 11.1 Å². The van der Waals surface area contributed by atoms with E-state index in [0.717, 1.165) is 21.6 Å². The van der Waals surface area contributed by atoms with Crippen LogP contribution in [-0.4, -0.2) is 34.0 Å². The lowest BCUT2D eigenvalue weighted by Crippen LogP contribution is -2.30. The predicted molar refractivity (Wildman–Crippen MR) is 186 cm³/mol. The zero-order valence-electron chi connectivity index (χ0n) is 25.3. The molecule has 234 valence electrons. The van der Waals surface area contributed by atoms with E-state index in [1.54, 1.807) is 55.5 Å². The highest BCUT2D eigenvalue weighted by Gasteiger charge is 2.18.